The van der Waals surface area contributed by atoms with Crippen molar-refractivity contribution in [2.24, 2.45) is 17.8 Å². The van der Waals surface area contributed by atoms with Crippen LogP contribution >= 0.6 is 0 Å². The molecule has 1 aromatic carbocycles. The van der Waals surface area contributed by atoms with Crippen molar-refractivity contribution in [2.75, 3.05) is 13.1 Å². The minimum atomic E-state index is -4.31. The maximum absolute atomic E-state index is 13.3. The van der Waals surface area contributed by atoms with E-state index in [1.807, 2.05) is 0 Å². The first-order chi connectivity index (χ1) is 17.8. The number of aliphatic hydroxyl groups is 1. The third-order valence-electron chi connectivity index (χ3n) is 9.52. The van der Waals surface area contributed by atoms with E-state index in [-0.39, 0.29) is 11.7 Å². The molecule has 0 amide bonds. The predicted molar refractivity (Wildman–Crippen MR) is 146 cm³/mol. The summed E-state index contributed by atoms with van der Waals surface area (Å²) in [7, 11) is 0. The predicted octanol–water partition coefficient (Wildman–Crippen LogP) is 9.66. The second kappa shape index (κ2) is 13.5. The van der Waals surface area contributed by atoms with Crippen LogP contribution in [0.3, 0.4) is 0 Å². The van der Waals surface area contributed by atoms with Crippen molar-refractivity contribution in [3.8, 4) is 0 Å². The van der Waals surface area contributed by atoms with Crippen molar-refractivity contribution in [3.63, 3.8) is 0 Å². The van der Waals surface area contributed by atoms with Crippen LogP contribution in [0.2, 0.25) is 0 Å². The van der Waals surface area contributed by atoms with Gasteiger partial charge in [-0.3, -0.25) is 4.90 Å². The maximum atomic E-state index is 13.3. The Balaban J connectivity index is 1.60. The highest BCUT2D eigenvalue weighted by Crippen LogP contribution is 2.43. The Morgan fingerprint density at radius 1 is 0.757 bits per heavy atom. The van der Waals surface area contributed by atoms with Gasteiger partial charge in [-0.15, -0.1) is 0 Å². The average Bonchev–Trinajstić information content (AvgIpc) is 3.28. The van der Waals surface area contributed by atoms with Crippen LogP contribution in [0.4, 0.5) is 13.2 Å². The summed E-state index contributed by atoms with van der Waals surface area (Å²) in [4.78, 5) is 2.80. The molecule has 3 aliphatic rings. The number of hydrogen-bond acceptors (Lipinski definition) is 2. The van der Waals surface area contributed by atoms with Gasteiger partial charge in [0.05, 0.1) is 11.3 Å². The van der Waals surface area contributed by atoms with Gasteiger partial charge in [0.1, 0.15) is 0 Å². The van der Waals surface area contributed by atoms with Crippen LogP contribution in [-0.4, -0.2) is 29.1 Å². The van der Waals surface area contributed by atoms with E-state index < -0.39 is 11.7 Å². The van der Waals surface area contributed by atoms with E-state index in [4.69, 9.17) is 0 Å². The fraction of sp³-hybridized carbons (Fsp3) is 0.750. The molecule has 37 heavy (non-hydrogen) atoms. The lowest BCUT2D eigenvalue weighted by atomic mass is 9.72. The van der Waals surface area contributed by atoms with Crippen molar-refractivity contribution in [1.82, 2.24) is 4.90 Å². The first-order valence-corrected chi connectivity index (χ1v) is 15.1. The Morgan fingerprint density at radius 2 is 1.27 bits per heavy atom. The fourth-order valence-electron chi connectivity index (χ4n) is 7.58. The van der Waals surface area contributed by atoms with Gasteiger partial charge in [0.2, 0.25) is 0 Å². The van der Waals surface area contributed by atoms with Gasteiger partial charge in [0, 0.05) is 25.6 Å². The van der Waals surface area contributed by atoms with E-state index in [1.54, 1.807) is 12.1 Å². The average molecular weight is 520 g/mol. The molecule has 3 atom stereocenters. The standard InChI is InChI=1S/C32H48F3NO/c1-24(37)20-27-14-19-31(30(21-27)28-15-17-29(18-16-28)32(33,34)35)36(22-25-10-6-2-3-7-11-25)23-26-12-8-4-5-9-13-26/h15-18,25-27,30-31,37H,1-14,19-23H2. The summed E-state index contributed by atoms with van der Waals surface area (Å²) in [6, 6.07) is 6.34. The Morgan fingerprint density at radius 3 is 1.73 bits per heavy atom. The van der Waals surface area contributed by atoms with Crippen LogP contribution in [0.15, 0.2) is 36.6 Å². The van der Waals surface area contributed by atoms with Crippen LogP contribution < -0.4 is 0 Å². The quantitative estimate of drug-likeness (QED) is 0.273. The monoisotopic (exact) mass is 519 g/mol. The minimum absolute atomic E-state index is 0.192. The van der Waals surface area contributed by atoms with Crippen LogP contribution in [0.5, 0.6) is 0 Å². The van der Waals surface area contributed by atoms with E-state index in [0.717, 1.165) is 49.8 Å². The van der Waals surface area contributed by atoms with Crippen LogP contribution in [0.25, 0.3) is 0 Å². The van der Waals surface area contributed by atoms with Crippen molar-refractivity contribution in [2.45, 2.75) is 121 Å². The number of hydrogen-bond donors (Lipinski definition) is 1. The van der Waals surface area contributed by atoms with E-state index in [0.29, 0.717) is 18.4 Å². The summed E-state index contributed by atoms with van der Waals surface area (Å²) in [6.45, 7) is 6.00. The minimum Gasteiger partial charge on any atom is -0.513 e. The molecular weight excluding hydrogens is 471 g/mol. The molecule has 0 bridgehead atoms. The first-order valence-electron chi connectivity index (χ1n) is 15.1. The van der Waals surface area contributed by atoms with Gasteiger partial charge in [0.25, 0.3) is 0 Å². The zero-order valence-corrected chi connectivity index (χ0v) is 22.7. The molecule has 0 aromatic heterocycles. The molecular formula is C32H48F3NO. The molecule has 3 saturated carbocycles. The van der Waals surface area contributed by atoms with E-state index in [9.17, 15) is 18.3 Å². The molecule has 1 N–H and O–H groups in total. The highest BCUT2D eigenvalue weighted by atomic mass is 19.4. The summed E-state index contributed by atoms with van der Waals surface area (Å²) in [5, 5.41) is 9.92. The normalized spacial score (nSPS) is 27.1. The van der Waals surface area contributed by atoms with Crippen LogP contribution in [0.1, 0.15) is 120 Å². The van der Waals surface area contributed by atoms with Crippen molar-refractivity contribution >= 4 is 0 Å². The van der Waals surface area contributed by atoms with Gasteiger partial charge in [-0.05, 0) is 86.3 Å². The molecule has 0 aliphatic heterocycles. The number of halogens is 3. The van der Waals surface area contributed by atoms with E-state index in [1.165, 1.54) is 89.2 Å². The molecule has 5 heteroatoms. The van der Waals surface area contributed by atoms with Crippen molar-refractivity contribution in [3.05, 3.63) is 47.7 Å². The SMILES string of the molecule is C=C(O)CC1CCC(N(CC2CCCCCC2)CC2CCCCCC2)C(c2ccc(C(F)(F)F)cc2)C1. The molecule has 0 saturated heterocycles. The lowest BCUT2D eigenvalue weighted by Gasteiger charge is -2.45. The van der Waals surface area contributed by atoms with Gasteiger partial charge in [-0.2, -0.15) is 13.2 Å². The van der Waals surface area contributed by atoms with Crippen LogP contribution in [-0.2, 0) is 6.18 Å². The smallest absolute Gasteiger partial charge is 0.416 e. The van der Waals surface area contributed by atoms with E-state index >= 15 is 0 Å². The fourth-order valence-corrected chi connectivity index (χ4v) is 7.58. The molecule has 3 aliphatic carbocycles. The van der Waals surface area contributed by atoms with Gasteiger partial charge >= 0.3 is 6.18 Å². The molecule has 1 aromatic rings. The molecule has 3 unspecified atom stereocenters. The largest absolute Gasteiger partial charge is 0.513 e. The number of allylic oxidation sites excluding steroid dienone is 1. The lowest BCUT2D eigenvalue weighted by molar-refractivity contribution is -0.137. The molecule has 4 rings (SSSR count). The number of rotatable bonds is 8. The summed E-state index contributed by atoms with van der Waals surface area (Å²) in [5.74, 6) is 2.21. The van der Waals surface area contributed by atoms with Gasteiger partial charge in [-0.1, -0.05) is 70.1 Å². The number of benzene rings is 1. The van der Waals surface area contributed by atoms with Gasteiger partial charge in [-0.25, -0.2) is 0 Å². The Kier molecular flexibility index (Phi) is 10.4. The molecule has 2 nitrogen and oxygen atoms in total. The highest BCUT2D eigenvalue weighted by Gasteiger charge is 2.38. The molecule has 0 heterocycles. The van der Waals surface area contributed by atoms with E-state index in [2.05, 4.69) is 11.5 Å². The second-order valence-electron chi connectivity index (χ2n) is 12.4. The second-order valence-corrected chi connectivity index (χ2v) is 12.4. The van der Waals surface area contributed by atoms with Crippen molar-refractivity contribution in [1.29, 1.82) is 0 Å². The van der Waals surface area contributed by atoms with Gasteiger partial charge < -0.3 is 5.11 Å². The zero-order chi connectivity index (χ0) is 26.3. The van der Waals surface area contributed by atoms with Gasteiger partial charge in [0.15, 0.2) is 0 Å². The Labute approximate surface area is 222 Å². The summed E-state index contributed by atoms with van der Waals surface area (Å²) in [5.41, 5.74) is 0.454. The molecule has 0 radical (unpaired) electrons. The molecule has 208 valence electrons. The zero-order valence-electron chi connectivity index (χ0n) is 22.7. The number of alkyl halides is 3. The molecule has 0 spiro atoms. The summed E-state index contributed by atoms with van der Waals surface area (Å²) in [6.07, 6.45) is 15.2. The van der Waals surface area contributed by atoms with Crippen LogP contribution in [0, 0.1) is 17.8 Å². The third-order valence-corrected chi connectivity index (χ3v) is 9.52. The highest BCUT2D eigenvalue weighted by molar-refractivity contribution is 5.29. The lowest BCUT2D eigenvalue weighted by Crippen LogP contribution is -2.47. The third kappa shape index (κ3) is 8.50. The summed E-state index contributed by atoms with van der Waals surface area (Å²) < 4.78 is 39.9. The topological polar surface area (TPSA) is 23.5 Å². The Hall–Kier alpha value is -1.49. The number of aliphatic hydroxyl groups excluding tert-OH is 1. The Bertz CT molecular complexity index is 797. The first kappa shape index (κ1) is 28.5. The van der Waals surface area contributed by atoms with Crippen molar-refractivity contribution < 1.29 is 18.3 Å². The summed E-state index contributed by atoms with van der Waals surface area (Å²) >= 11 is 0. The number of nitrogens with zero attached hydrogens (tertiary/aromatic N) is 1. The molecule has 3 fully saturated rings. The maximum Gasteiger partial charge on any atom is 0.416 e.